The van der Waals surface area contributed by atoms with Gasteiger partial charge in [0.2, 0.25) is 5.91 Å². The Bertz CT molecular complexity index is 1090. The molecule has 1 unspecified atom stereocenters. The molecule has 0 bridgehead atoms. The summed E-state index contributed by atoms with van der Waals surface area (Å²) in [7, 11) is 0. The monoisotopic (exact) mass is 391 g/mol. The van der Waals surface area contributed by atoms with E-state index in [0.717, 1.165) is 45.6 Å². The summed E-state index contributed by atoms with van der Waals surface area (Å²) >= 11 is 0. The van der Waals surface area contributed by atoms with Crippen molar-refractivity contribution in [3.05, 3.63) is 70.7 Å². The van der Waals surface area contributed by atoms with Gasteiger partial charge in [0.05, 0.1) is 5.52 Å². The lowest BCUT2D eigenvalue weighted by Gasteiger charge is -2.25. The summed E-state index contributed by atoms with van der Waals surface area (Å²) in [6.07, 6.45) is 2.16. The van der Waals surface area contributed by atoms with Gasteiger partial charge >= 0.3 is 5.76 Å². The Hall–Kier alpha value is -2.86. The molecule has 3 heterocycles. The molecule has 5 rings (SSSR count). The van der Waals surface area contributed by atoms with E-state index in [2.05, 4.69) is 29.2 Å². The highest BCUT2D eigenvalue weighted by Gasteiger charge is 2.44. The Labute approximate surface area is 169 Å². The minimum Gasteiger partial charge on any atom is -0.408 e. The molecule has 2 fully saturated rings. The lowest BCUT2D eigenvalue weighted by Crippen LogP contribution is -2.37. The molecule has 2 aliphatic heterocycles. The molecular weight excluding hydrogens is 366 g/mol. The summed E-state index contributed by atoms with van der Waals surface area (Å²) in [4.78, 5) is 29.5. The van der Waals surface area contributed by atoms with E-state index in [1.165, 1.54) is 10.1 Å². The molecule has 3 aromatic rings. The first-order chi connectivity index (χ1) is 14.1. The van der Waals surface area contributed by atoms with E-state index in [4.69, 9.17) is 4.42 Å². The van der Waals surface area contributed by atoms with Crippen molar-refractivity contribution in [1.29, 1.82) is 0 Å². The SMILES string of the molecule is O=C(Cn1c(=O)oc2ccccc21)N1CCC2(CCN(Cc3ccccc3)C2)C1. The van der Waals surface area contributed by atoms with Gasteiger partial charge in [0, 0.05) is 31.6 Å². The average molecular weight is 391 g/mol. The van der Waals surface area contributed by atoms with Crippen LogP contribution >= 0.6 is 0 Å². The summed E-state index contributed by atoms with van der Waals surface area (Å²) < 4.78 is 6.70. The number of aromatic nitrogens is 1. The highest BCUT2D eigenvalue weighted by molar-refractivity contribution is 5.79. The number of benzene rings is 2. The number of rotatable bonds is 4. The number of carbonyl (C=O) groups excluding carboxylic acids is 1. The van der Waals surface area contributed by atoms with E-state index in [-0.39, 0.29) is 17.9 Å². The highest BCUT2D eigenvalue weighted by atomic mass is 16.4. The van der Waals surface area contributed by atoms with Crippen molar-refractivity contribution in [2.45, 2.75) is 25.9 Å². The summed E-state index contributed by atoms with van der Waals surface area (Å²) in [6.45, 7) is 4.65. The molecule has 1 atom stereocenters. The van der Waals surface area contributed by atoms with Crippen LogP contribution in [0.5, 0.6) is 0 Å². The molecule has 0 radical (unpaired) electrons. The molecule has 6 heteroatoms. The van der Waals surface area contributed by atoms with Gasteiger partial charge in [-0.15, -0.1) is 0 Å². The molecule has 1 amide bonds. The zero-order chi connectivity index (χ0) is 19.8. The number of nitrogens with zero attached hydrogens (tertiary/aromatic N) is 3. The van der Waals surface area contributed by atoms with Crippen LogP contribution in [0.15, 0.2) is 63.8 Å². The summed E-state index contributed by atoms with van der Waals surface area (Å²) in [5.74, 6) is -0.472. The molecule has 150 valence electrons. The number of oxazole rings is 1. The van der Waals surface area contributed by atoms with E-state index >= 15 is 0 Å². The third-order valence-electron chi connectivity index (χ3n) is 6.42. The Kier molecular flexibility index (Phi) is 4.51. The van der Waals surface area contributed by atoms with E-state index in [1.54, 1.807) is 6.07 Å². The number of fused-ring (bicyclic) bond motifs is 1. The number of carbonyl (C=O) groups is 1. The maximum Gasteiger partial charge on any atom is 0.420 e. The fraction of sp³-hybridized carbons (Fsp3) is 0.391. The zero-order valence-electron chi connectivity index (χ0n) is 16.4. The normalized spacial score (nSPS) is 22.1. The maximum atomic E-state index is 12.9. The molecule has 2 saturated heterocycles. The maximum absolute atomic E-state index is 12.9. The number of hydrogen-bond acceptors (Lipinski definition) is 4. The molecule has 2 aliphatic rings. The van der Waals surface area contributed by atoms with Crippen LogP contribution in [0, 0.1) is 5.41 Å². The fourth-order valence-corrected chi connectivity index (χ4v) is 4.88. The van der Waals surface area contributed by atoms with Crippen molar-refractivity contribution in [3.8, 4) is 0 Å². The van der Waals surface area contributed by atoms with Gasteiger partial charge in [0.25, 0.3) is 0 Å². The minimum atomic E-state index is -0.469. The number of amides is 1. The summed E-state index contributed by atoms with van der Waals surface area (Å²) in [6, 6.07) is 17.8. The molecule has 6 nitrogen and oxygen atoms in total. The molecule has 2 aromatic carbocycles. The number of para-hydroxylation sites is 2. The predicted octanol–water partition coefficient (Wildman–Crippen LogP) is 2.72. The van der Waals surface area contributed by atoms with Gasteiger partial charge in [0.15, 0.2) is 5.58 Å². The molecule has 0 saturated carbocycles. The van der Waals surface area contributed by atoms with Crippen molar-refractivity contribution in [2.24, 2.45) is 5.41 Å². The topological polar surface area (TPSA) is 58.7 Å². The molecule has 0 aliphatic carbocycles. The van der Waals surface area contributed by atoms with E-state index < -0.39 is 5.76 Å². The third kappa shape index (κ3) is 3.49. The van der Waals surface area contributed by atoms with E-state index in [9.17, 15) is 9.59 Å². The molecule has 1 spiro atoms. The Balaban J connectivity index is 1.24. The van der Waals surface area contributed by atoms with Crippen LogP contribution in [-0.4, -0.2) is 46.5 Å². The first-order valence-electron chi connectivity index (χ1n) is 10.2. The van der Waals surface area contributed by atoms with Gasteiger partial charge in [-0.2, -0.15) is 0 Å². The van der Waals surface area contributed by atoms with Crippen LogP contribution in [0.1, 0.15) is 18.4 Å². The Morgan fingerprint density at radius 2 is 1.72 bits per heavy atom. The summed E-state index contributed by atoms with van der Waals surface area (Å²) in [5, 5.41) is 0. The van der Waals surface area contributed by atoms with Gasteiger partial charge in [-0.3, -0.25) is 14.3 Å². The van der Waals surface area contributed by atoms with Crippen molar-refractivity contribution in [1.82, 2.24) is 14.4 Å². The molecule has 0 N–H and O–H groups in total. The largest absolute Gasteiger partial charge is 0.420 e. The van der Waals surface area contributed by atoms with Crippen LogP contribution in [0.25, 0.3) is 11.1 Å². The lowest BCUT2D eigenvalue weighted by atomic mass is 9.86. The first kappa shape index (κ1) is 18.2. The van der Waals surface area contributed by atoms with Gasteiger partial charge in [-0.1, -0.05) is 42.5 Å². The first-order valence-corrected chi connectivity index (χ1v) is 10.2. The minimum absolute atomic E-state index is 0.00274. The van der Waals surface area contributed by atoms with Gasteiger partial charge in [-0.25, -0.2) is 4.79 Å². The van der Waals surface area contributed by atoms with Gasteiger partial charge in [0.1, 0.15) is 6.54 Å². The van der Waals surface area contributed by atoms with Crippen LogP contribution in [-0.2, 0) is 17.9 Å². The quantitative estimate of drug-likeness (QED) is 0.686. The Morgan fingerprint density at radius 3 is 2.59 bits per heavy atom. The standard InChI is InChI=1S/C23H25N3O3/c27-21(15-26-19-8-4-5-9-20(19)29-22(26)28)25-13-11-23(17-25)10-12-24(16-23)14-18-6-2-1-3-7-18/h1-9H,10-17H2. The zero-order valence-corrected chi connectivity index (χ0v) is 16.4. The third-order valence-corrected chi connectivity index (χ3v) is 6.42. The lowest BCUT2D eigenvalue weighted by molar-refractivity contribution is -0.131. The smallest absolute Gasteiger partial charge is 0.408 e. The average Bonchev–Trinajstić information content (AvgIpc) is 3.42. The fourth-order valence-electron chi connectivity index (χ4n) is 4.88. The van der Waals surface area contributed by atoms with Gasteiger partial charge in [-0.05, 0) is 37.1 Å². The molecular formula is C23H25N3O3. The van der Waals surface area contributed by atoms with E-state index in [1.807, 2.05) is 29.2 Å². The summed E-state index contributed by atoms with van der Waals surface area (Å²) in [5.41, 5.74) is 2.72. The van der Waals surface area contributed by atoms with Crippen molar-refractivity contribution < 1.29 is 9.21 Å². The Morgan fingerprint density at radius 1 is 0.966 bits per heavy atom. The van der Waals surface area contributed by atoms with Crippen LogP contribution < -0.4 is 5.76 Å². The predicted molar refractivity (Wildman–Crippen MR) is 110 cm³/mol. The van der Waals surface area contributed by atoms with Gasteiger partial charge < -0.3 is 9.32 Å². The van der Waals surface area contributed by atoms with Crippen molar-refractivity contribution >= 4 is 17.0 Å². The second kappa shape index (κ2) is 7.19. The van der Waals surface area contributed by atoms with Crippen LogP contribution in [0.3, 0.4) is 0 Å². The van der Waals surface area contributed by atoms with Crippen molar-refractivity contribution in [3.63, 3.8) is 0 Å². The molecule has 1 aromatic heterocycles. The second-order valence-corrected chi connectivity index (χ2v) is 8.43. The second-order valence-electron chi connectivity index (χ2n) is 8.43. The van der Waals surface area contributed by atoms with E-state index in [0.29, 0.717) is 11.1 Å². The number of likely N-dealkylation sites (tertiary alicyclic amines) is 2. The number of hydrogen-bond donors (Lipinski definition) is 0. The van der Waals surface area contributed by atoms with Crippen LogP contribution in [0.2, 0.25) is 0 Å². The van der Waals surface area contributed by atoms with Crippen molar-refractivity contribution in [2.75, 3.05) is 26.2 Å². The molecule has 29 heavy (non-hydrogen) atoms. The highest BCUT2D eigenvalue weighted by Crippen LogP contribution is 2.40. The van der Waals surface area contributed by atoms with Crippen LogP contribution in [0.4, 0.5) is 0 Å².